The first-order valence-corrected chi connectivity index (χ1v) is 6.76. The highest BCUT2D eigenvalue weighted by Crippen LogP contribution is 2.21. The van der Waals surface area contributed by atoms with E-state index < -0.39 is 0 Å². The molecule has 2 N–H and O–H groups in total. The number of hydrogen-bond acceptors (Lipinski definition) is 2. The lowest BCUT2D eigenvalue weighted by Crippen LogP contribution is -2.34. The lowest BCUT2D eigenvalue weighted by atomic mass is 9.85. The number of piperidine rings is 1. The minimum absolute atomic E-state index is 0.881. The second-order valence-electron chi connectivity index (χ2n) is 4.98. The molecule has 1 aliphatic rings. The smallest absolute Gasteiger partial charge is 0.00180 e. The third-order valence-corrected chi connectivity index (χ3v) is 3.62. The van der Waals surface area contributed by atoms with E-state index in [0.29, 0.717) is 0 Å². The van der Waals surface area contributed by atoms with Crippen LogP contribution in [0.4, 0.5) is 0 Å². The van der Waals surface area contributed by atoms with Crippen molar-refractivity contribution in [3.8, 4) is 0 Å². The van der Waals surface area contributed by atoms with Crippen LogP contribution in [0.15, 0.2) is 0 Å². The molecule has 0 aromatic carbocycles. The molecule has 0 aliphatic carbocycles. The summed E-state index contributed by atoms with van der Waals surface area (Å²) >= 11 is 0. The van der Waals surface area contributed by atoms with E-state index in [0.717, 1.165) is 11.8 Å². The van der Waals surface area contributed by atoms with Crippen LogP contribution in [-0.2, 0) is 0 Å². The third kappa shape index (κ3) is 5.53. The second kappa shape index (κ2) is 8.12. The standard InChI is InChI=1S/C13H28N2/c1-3-4-8-14-10-7-12(2)13-6-5-9-15-11-13/h12-15H,3-11H2,1-2H3. The van der Waals surface area contributed by atoms with Gasteiger partial charge in [0.05, 0.1) is 0 Å². The van der Waals surface area contributed by atoms with Crippen molar-refractivity contribution in [3.63, 3.8) is 0 Å². The summed E-state index contributed by atoms with van der Waals surface area (Å²) < 4.78 is 0. The predicted octanol–water partition coefficient (Wildman–Crippen LogP) is 2.40. The van der Waals surface area contributed by atoms with Crippen LogP contribution in [0.2, 0.25) is 0 Å². The molecule has 2 unspecified atom stereocenters. The molecule has 90 valence electrons. The molecule has 2 nitrogen and oxygen atoms in total. The summed E-state index contributed by atoms with van der Waals surface area (Å²) in [6.07, 6.45) is 6.77. The van der Waals surface area contributed by atoms with E-state index in [-0.39, 0.29) is 0 Å². The molecule has 0 spiro atoms. The molecule has 2 heteroatoms. The van der Waals surface area contributed by atoms with Crippen molar-refractivity contribution in [2.75, 3.05) is 26.2 Å². The molecule has 0 bridgehead atoms. The first-order chi connectivity index (χ1) is 7.34. The molecule has 1 saturated heterocycles. The molecule has 1 aliphatic heterocycles. The Morgan fingerprint density at radius 3 is 2.93 bits per heavy atom. The summed E-state index contributed by atoms with van der Waals surface area (Å²) in [5, 5.41) is 7.04. The maximum Gasteiger partial charge on any atom is -0.00180 e. The number of rotatable bonds is 7. The van der Waals surface area contributed by atoms with E-state index in [1.807, 2.05) is 0 Å². The second-order valence-corrected chi connectivity index (χ2v) is 4.98. The molecule has 1 fully saturated rings. The van der Waals surface area contributed by atoms with E-state index >= 15 is 0 Å². The largest absolute Gasteiger partial charge is 0.317 e. The minimum atomic E-state index is 0.881. The topological polar surface area (TPSA) is 24.1 Å². The fraction of sp³-hybridized carbons (Fsp3) is 1.00. The minimum Gasteiger partial charge on any atom is -0.317 e. The molecule has 1 heterocycles. The zero-order chi connectivity index (χ0) is 10.9. The monoisotopic (exact) mass is 212 g/mol. The Bertz CT molecular complexity index is 141. The van der Waals surface area contributed by atoms with Crippen molar-refractivity contribution in [2.24, 2.45) is 11.8 Å². The van der Waals surface area contributed by atoms with Gasteiger partial charge in [-0.1, -0.05) is 20.3 Å². The average Bonchev–Trinajstić information content (AvgIpc) is 2.30. The Balaban J connectivity index is 1.99. The van der Waals surface area contributed by atoms with Gasteiger partial charge in [0.15, 0.2) is 0 Å². The summed E-state index contributed by atoms with van der Waals surface area (Å²) in [7, 11) is 0. The fourth-order valence-electron chi connectivity index (χ4n) is 2.36. The molecule has 1 rings (SSSR count). The van der Waals surface area contributed by atoms with E-state index in [4.69, 9.17) is 0 Å². The quantitative estimate of drug-likeness (QED) is 0.633. The molecular formula is C13H28N2. The SMILES string of the molecule is CCCCNCCC(C)C1CCCNC1. The van der Waals surface area contributed by atoms with Crippen LogP contribution in [0.3, 0.4) is 0 Å². The maximum atomic E-state index is 3.54. The van der Waals surface area contributed by atoms with Gasteiger partial charge in [0.25, 0.3) is 0 Å². The summed E-state index contributed by atoms with van der Waals surface area (Å²) in [5.41, 5.74) is 0. The van der Waals surface area contributed by atoms with Gasteiger partial charge in [-0.05, 0) is 63.7 Å². The highest BCUT2D eigenvalue weighted by Gasteiger charge is 2.18. The molecule has 0 aromatic rings. The lowest BCUT2D eigenvalue weighted by molar-refractivity contribution is 0.266. The Kier molecular flexibility index (Phi) is 7.03. The Hall–Kier alpha value is -0.0800. The molecular weight excluding hydrogens is 184 g/mol. The summed E-state index contributed by atoms with van der Waals surface area (Å²) in [5.74, 6) is 1.80. The molecule has 15 heavy (non-hydrogen) atoms. The van der Waals surface area contributed by atoms with Crippen LogP contribution in [0.25, 0.3) is 0 Å². The molecule has 0 amide bonds. The van der Waals surface area contributed by atoms with Crippen LogP contribution in [0.5, 0.6) is 0 Å². The molecule has 0 radical (unpaired) electrons. The van der Waals surface area contributed by atoms with Crippen molar-refractivity contribution >= 4 is 0 Å². The Morgan fingerprint density at radius 1 is 1.40 bits per heavy atom. The van der Waals surface area contributed by atoms with E-state index in [1.54, 1.807) is 0 Å². The molecule has 0 saturated carbocycles. The van der Waals surface area contributed by atoms with Crippen LogP contribution < -0.4 is 10.6 Å². The first kappa shape index (κ1) is 13.0. The first-order valence-electron chi connectivity index (χ1n) is 6.76. The Labute approximate surface area is 95.2 Å². The summed E-state index contributed by atoms with van der Waals surface area (Å²) in [4.78, 5) is 0. The van der Waals surface area contributed by atoms with Crippen molar-refractivity contribution in [3.05, 3.63) is 0 Å². The molecule has 0 aromatic heterocycles. The van der Waals surface area contributed by atoms with Crippen LogP contribution in [0, 0.1) is 11.8 Å². The van der Waals surface area contributed by atoms with Crippen molar-refractivity contribution in [1.29, 1.82) is 0 Å². The highest BCUT2D eigenvalue weighted by atomic mass is 14.9. The van der Waals surface area contributed by atoms with Crippen molar-refractivity contribution in [1.82, 2.24) is 10.6 Å². The summed E-state index contributed by atoms with van der Waals surface area (Å²) in [6.45, 7) is 9.55. The zero-order valence-electron chi connectivity index (χ0n) is 10.5. The lowest BCUT2D eigenvalue weighted by Gasteiger charge is -2.28. The van der Waals surface area contributed by atoms with Gasteiger partial charge >= 0.3 is 0 Å². The maximum absolute atomic E-state index is 3.54. The number of unbranched alkanes of at least 4 members (excludes halogenated alkanes) is 1. The van der Waals surface area contributed by atoms with Gasteiger partial charge in [0, 0.05) is 0 Å². The van der Waals surface area contributed by atoms with Gasteiger partial charge in [-0.25, -0.2) is 0 Å². The van der Waals surface area contributed by atoms with Gasteiger partial charge in [0.2, 0.25) is 0 Å². The normalized spacial score (nSPS) is 24.0. The van der Waals surface area contributed by atoms with Gasteiger partial charge < -0.3 is 10.6 Å². The third-order valence-electron chi connectivity index (χ3n) is 3.62. The van der Waals surface area contributed by atoms with Gasteiger partial charge in [-0.2, -0.15) is 0 Å². The molecule has 2 atom stereocenters. The van der Waals surface area contributed by atoms with Crippen LogP contribution >= 0.6 is 0 Å². The van der Waals surface area contributed by atoms with Crippen molar-refractivity contribution in [2.45, 2.75) is 46.0 Å². The van der Waals surface area contributed by atoms with E-state index in [1.165, 1.54) is 58.3 Å². The highest BCUT2D eigenvalue weighted by molar-refractivity contribution is 4.74. The van der Waals surface area contributed by atoms with Crippen LogP contribution in [-0.4, -0.2) is 26.2 Å². The van der Waals surface area contributed by atoms with Gasteiger partial charge in [-0.3, -0.25) is 0 Å². The van der Waals surface area contributed by atoms with Gasteiger partial charge in [-0.15, -0.1) is 0 Å². The average molecular weight is 212 g/mol. The Morgan fingerprint density at radius 2 is 2.27 bits per heavy atom. The predicted molar refractivity (Wildman–Crippen MR) is 67.2 cm³/mol. The summed E-state index contributed by atoms with van der Waals surface area (Å²) in [6, 6.07) is 0. The zero-order valence-corrected chi connectivity index (χ0v) is 10.5. The van der Waals surface area contributed by atoms with E-state index in [9.17, 15) is 0 Å². The number of hydrogen-bond donors (Lipinski definition) is 2. The fourth-order valence-corrected chi connectivity index (χ4v) is 2.36. The number of nitrogens with one attached hydrogen (secondary N) is 2. The van der Waals surface area contributed by atoms with Gasteiger partial charge in [0.1, 0.15) is 0 Å². The van der Waals surface area contributed by atoms with Crippen molar-refractivity contribution < 1.29 is 0 Å². The van der Waals surface area contributed by atoms with Crippen LogP contribution in [0.1, 0.15) is 46.0 Å². The van der Waals surface area contributed by atoms with E-state index in [2.05, 4.69) is 24.5 Å².